The number of nitrogens with zero attached hydrogens (tertiary/aromatic N) is 3. The quantitative estimate of drug-likeness (QED) is 0.163. The van der Waals surface area contributed by atoms with Crippen molar-refractivity contribution in [2.75, 3.05) is 39.3 Å². The van der Waals surface area contributed by atoms with Crippen molar-refractivity contribution in [2.45, 2.75) is 13.3 Å². The lowest BCUT2D eigenvalue weighted by molar-refractivity contribution is -0.140. The van der Waals surface area contributed by atoms with Crippen molar-refractivity contribution < 1.29 is 19.2 Å². The molecule has 2 bridgehead atoms. The molecule has 10 nitrogen and oxygen atoms in total. The number of aliphatic imine (C=N–C) groups is 1. The molecule has 2 saturated heterocycles. The Morgan fingerprint density at radius 1 is 1.07 bits per heavy atom. The number of urea groups is 1. The predicted octanol–water partition coefficient (Wildman–Crippen LogP) is -1.10. The molecule has 4 atom stereocenters. The molecule has 29 heavy (non-hydrogen) atoms. The van der Waals surface area contributed by atoms with Crippen LogP contribution in [0.1, 0.15) is 13.3 Å². The minimum absolute atomic E-state index is 0.0258. The number of nitrogens with one attached hydrogen (secondary N) is 3. The Morgan fingerprint density at radius 2 is 1.76 bits per heavy atom. The van der Waals surface area contributed by atoms with E-state index < -0.39 is 6.03 Å². The van der Waals surface area contributed by atoms with E-state index in [1.54, 1.807) is 0 Å². The number of hydrogen-bond acceptors (Lipinski definition) is 5. The molecule has 0 spiro atoms. The number of hydrogen-bond donors (Lipinski definition) is 3. The van der Waals surface area contributed by atoms with E-state index in [-0.39, 0.29) is 61.0 Å². The van der Waals surface area contributed by atoms with Crippen LogP contribution in [0, 0.1) is 23.7 Å². The highest BCUT2D eigenvalue weighted by Gasteiger charge is 2.58. The molecule has 0 aromatic carbocycles. The molecule has 2 aliphatic carbocycles. The second kappa shape index (κ2) is 7.84. The van der Waals surface area contributed by atoms with Gasteiger partial charge in [-0.15, -0.1) is 0 Å². The Balaban J connectivity index is 1.28. The topological polar surface area (TPSA) is 123 Å². The Kier molecular flexibility index (Phi) is 5.25. The summed E-state index contributed by atoms with van der Waals surface area (Å²) in [6.07, 6.45) is 5.09. The second-order valence-corrected chi connectivity index (χ2v) is 7.72. The van der Waals surface area contributed by atoms with E-state index in [0.29, 0.717) is 25.6 Å². The Labute approximate surface area is 168 Å². The number of carbonyl (C=O) groups is 4. The third kappa shape index (κ3) is 3.47. The molecule has 0 radical (unpaired) electrons. The first-order chi connectivity index (χ1) is 14.0. The monoisotopic (exact) mass is 402 g/mol. The fourth-order valence-corrected chi connectivity index (χ4v) is 4.76. The predicted molar refractivity (Wildman–Crippen MR) is 104 cm³/mol. The van der Waals surface area contributed by atoms with E-state index in [9.17, 15) is 19.2 Å². The molecule has 10 heteroatoms. The second-order valence-electron chi connectivity index (χ2n) is 7.72. The molecule has 0 aromatic rings. The van der Waals surface area contributed by atoms with E-state index in [1.165, 1.54) is 4.90 Å². The molecule has 3 N–H and O–H groups in total. The van der Waals surface area contributed by atoms with E-state index in [0.717, 1.165) is 11.3 Å². The number of likely N-dealkylation sites (tertiary alicyclic amines) is 1. The van der Waals surface area contributed by atoms with Gasteiger partial charge in [0.2, 0.25) is 17.7 Å². The lowest BCUT2D eigenvalue weighted by Gasteiger charge is -2.19. The van der Waals surface area contributed by atoms with Crippen molar-refractivity contribution in [3.05, 3.63) is 12.2 Å². The highest BCUT2D eigenvalue weighted by Crippen LogP contribution is 2.52. The van der Waals surface area contributed by atoms with Crippen molar-refractivity contribution in [1.82, 2.24) is 25.8 Å². The lowest BCUT2D eigenvalue weighted by Crippen LogP contribution is -2.44. The summed E-state index contributed by atoms with van der Waals surface area (Å²) in [4.78, 5) is 55.4. The van der Waals surface area contributed by atoms with Gasteiger partial charge < -0.3 is 16.0 Å². The van der Waals surface area contributed by atoms with Gasteiger partial charge in [-0.3, -0.25) is 29.2 Å². The van der Waals surface area contributed by atoms with Gasteiger partial charge in [-0.2, -0.15) is 0 Å². The van der Waals surface area contributed by atoms with E-state index in [4.69, 9.17) is 0 Å². The van der Waals surface area contributed by atoms with Crippen LogP contribution in [0.3, 0.4) is 0 Å². The summed E-state index contributed by atoms with van der Waals surface area (Å²) in [7, 11) is 0. The maximum Gasteiger partial charge on any atom is 0.324 e. The largest absolute Gasteiger partial charge is 0.357 e. The normalized spacial score (nSPS) is 30.4. The van der Waals surface area contributed by atoms with Gasteiger partial charge in [-0.05, 0) is 25.2 Å². The van der Waals surface area contributed by atoms with E-state index >= 15 is 0 Å². The van der Waals surface area contributed by atoms with Crippen LogP contribution in [-0.4, -0.2) is 78.8 Å². The first kappa shape index (κ1) is 19.4. The minimum Gasteiger partial charge on any atom is -0.357 e. The summed E-state index contributed by atoms with van der Waals surface area (Å²) in [6, 6.07) is -0.400. The molecule has 1 saturated carbocycles. The molecule has 4 unspecified atom stereocenters. The highest BCUT2D eigenvalue weighted by atomic mass is 16.2. The zero-order valence-electron chi connectivity index (χ0n) is 16.4. The van der Waals surface area contributed by atoms with Crippen LogP contribution in [0.25, 0.3) is 0 Å². The summed E-state index contributed by atoms with van der Waals surface area (Å²) in [6.45, 7) is 3.72. The zero-order chi connectivity index (χ0) is 20.5. The average molecular weight is 402 g/mol. The number of rotatable bonds is 7. The first-order valence-corrected chi connectivity index (χ1v) is 10.1. The fourth-order valence-electron chi connectivity index (χ4n) is 4.76. The van der Waals surface area contributed by atoms with Gasteiger partial charge in [0.15, 0.2) is 5.96 Å². The standard InChI is InChI=1S/C19H26N6O4/c1-2-20-18(21-5-7-24-13(26)10-23-19(24)29)22-6-8-25-16(27)14-11-3-4-12(9-11)15(14)17(25)28/h3-4,11-12,14-15H,2,5-10H2,1H3,(H,23,29)(H2,20,21,22). The number of allylic oxidation sites excluding steroid dienone is 2. The lowest BCUT2D eigenvalue weighted by atomic mass is 9.85. The van der Waals surface area contributed by atoms with Crippen LogP contribution in [0.15, 0.2) is 17.1 Å². The van der Waals surface area contributed by atoms with Crippen LogP contribution in [0.4, 0.5) is 4.79 Å². The molecular formula is C19H26N6O4. The van der Waals surface area contributed by atoms with Gasteiger partial charge in [-0.25, -0.2) is 4.79 Å². The van der Waals surface area contributed by atoms with Crippen LogP contribution >= 0.6 is 0 Å². The minimum atomic E-state index is -0.400. The summed E-state index contributed by atoms with van der Waals surface area (Å²) < 4.78 is 0. The molecule has 3 fully saturated rings. The van der Waals surface area contributed by atoms with Crippen molar-refractivity contribution in [2.24, 2.45) is 28.7 Å². The van der Waals surface area contributed by atoms with Gasteiger partial charge in [0.25, 0.3) is 0 Å². The summed E-state index contributed by atoms with van der Waals surface area (Å²) in [5.74, 6) is 0.210. The Hall–Kier alpha value is -2.91. The van der Waals surface area contributed by atoms with Crippen LogP contribution in [0.2, 0.25) is 0 Å². The summed E-state index contributed by atoms with van der Waals surface area (Å²) in [5, 5.41) is 8.66. The molecular weight excluding hydrogens is 376 g/mol. The third-order valence-electron chi connectivity index (χ3n) is 6.06. The van der Waals surface area contributed by atoms with Crippen molar-refractivity contribution >= 4 is 29.7 Å². The number of guanidine groups is 1. The van der Waals surface area contributed by atoms with Gasteiger partial charge >= 0.3 is 6.03 Å². The number of carbonyl (C=O) groups excluding carboxylic acids is 4. The smallest absolute Gasteiger partial charge is 0.324 e. The zero-order valence-corrected chi connectivity index (χ0v) is 16.4. The third-order valence-corrected chi connectivity index (χ3v) is 6.06. The van der Waals surface area contributed by atoms with Gasteiger partial charge in [0, 0.05) is 19.6 Å². The molecule has 5 amide bonds. The van der Waals surface area contributed by atoms with E-state index in [1.807, 2.05) is 6.92 Å². The van der Waals surface area contributed by atoms with Gasteiger partial charge in [-0.1, -0.05) is 12.2 Å². The van der Waals surface area contributed by atoms with Gasteiger partial charge in [0.1, 0.15) is 0 Å². The van der Waals surface area contributed by atoms with Crippen LogP contribution in [-0.2, 0) is 14.4 Å². The van der Waals surface area contributed by atoms with Crippen molar-refractivity contribution in [1.29, 1.82) is 0 Å². The van der Waals surface area contributed by atoms with Gasteiger partial charge in [0.05, 0.1) is 31.5 Å². The van der Waals surface area contributed by atoms with Crippen molar-refractivity contribution in [3.63, 3.8) is 0 Å². The molecule has 0 aromatic heterocycles. The number of imide groups is 2. The summed E-state index contributed by atoms with van der Waals surface area (Å²) in [5.41, 5.74) is 0. The SMILES string of the molecule is CCNC(=NCCN1C(=O)CNC1=O)NCCN1C(=O)C2C3C=CC(C3)C2C1=O. The maximum absolute atomic E-state index is 12.7. The number of fused-ring (bicyclic) bond motifs is 5. The first-order valence-electron chi connectivity index (χ1n) is 10.1. The summed E-state index contributed by atoms with van der Waals surface area (Å²) >= 11 is 0. The molecule has 156 valence electrons. The molecule has 4 aliphatic rings. The van der Waals surface area contributed by atoms with Crippen molar-refractivity contribution in [3.8, 4) is 0 Å². The maximum atomic E-state index is 12.7. The molecule has 2 heterocycles. The Bertz CT molecular complexity index is 748. The highest BCUT2D eigenvalue weighted by molar-refractivity contribution is 6.06. The molecule has 2 aliphatic heterocycles. The number of amides is 5. The van der Waals surface area contributed by atoms with E-state index in [2.05, 4.69) is 33.1 Å². The average Bonchev–Trinajstić information content (AvgIpc) is 3.44. The fraction of sp³-hybridized carbons (Fsp3) is 0.632. The van der Waals surface area contributed by atoms with Crippen LogP contribution in [0.5, 0.6) is 0 Å². The van der Waals surface area contributed by atoms with Crippen LogP contribution < -0.4 is 16.0 Å². The Morgan fingerprint density at radius 3 is 2.34 bits per heavy atom. The molecule has 4 rings (SSSR count).